The van der Waals surface area contributed by atoms with Crippen molar-refractivity contribution in [3.63, 3.8) is 0 Å². The van der Waals surface area contributed by atoms with Gasteiger partial charge in [0.15, 0.2) is 5.17 Å². The van der Waals surface area contributed by atoms with E-state index >= 15 is 0 Å². The number of nitrogens with zero attached hydrogens (tertiary/aromatic N) is 5. The van der Waals surface area contributed by atoms with Gasteiger partial charge in [-0.15, -0.1) is 18.3 Å². The number of benzene rings is 4. The molecule has 7 nitrogen and oxygen atoms in total. The zero-order valence-electron chi connectivity index (χ0n) is 24.2. The van der Waals surface area contributed by atoms with Crippen LogP contribution >= 0.6 is 11.8 Å². The summed E-state index contributed by atoms with van der Waals surface area (Å²) in [7, 11) is 0. The van der Waals surface area contributed by atoms with Crippen LogP contribution in [-0.2, 0) is 0 Å². The number of aromatic nitrogens is 2. The second-order valence-corrected chi connectivity index (χ2v) is 11.8. The maximum absolute atomic E-state index is 14.2. The Morgan fingerprint density at radius 2 is 1.72 bits per heavy atom. The van der Waals surface area contributed by atoms with Gasteiger partial charge in [-0.25, -0.2) is 4.98 Å². The molecule has 0 aliphatic carbocycles. The number of imidazole rings is 1. The molecular formula is C32H25F6N5O2S. The smallest absolute Gasteiger partial charge is 0.406 e. The zero-order valence-corrected chi connectivity index (χ0v) is 25.0. The van der Waals surface area contributed by atoms with Crippen molar-refractivity contribution < 1.29 is 36.2 Å². The maximum atomic E-state index is 14.2. The molecule has 0 bridgehead atoms. The first kappa shape index (κ1) is 31.4. The number of ether oxygens (including phenoxy) is 1. The van der Waals surface area contributed by atoms with E-state index < -0.39 is 24.0 Å². The Kier molecular flexibility index (Phi) is 7.97. The molecule has 1 aliphatic rings. The number of rotatable bonds is 6. The number of para-hydroxylation sites is 1. The van der Waals surface area contributed by atoms with Gasteiger partial charge in [0.2, 0.25) is 0 Å². The SMILES string of the molecule is CC(C)c1ccccc1N1C(=NN=Cc2ccc3c(ccc4c3ncn4-c3ccc(OC(F)(F)F)cc3)c2)SCC1(O)C(F)(F)F. The molecule has 1 unspecified atom stereocenters. The number of thioether (sulfide) groups is 1. The zero-order chi connectivity index (χ0) is 32.9. The number of alkyl halides is 6. The van der Waals surface area contributed by atoms with Crippen molar-refractivity contribution in [2.75, 3.05) is 10.7 Å². The maximum Gasteiger partial charge on any atom is 0.573 e. The highest BCUT2D eigenvalue weighted by atomic mass is 32.2. The van der Waals surface area contributed by atoms with E-state index in [-0.39, 0.29) is 22.5 Å². The van der Waals surface area contributed by atoms with Crippen LogP contribution in [0.25, 0.3) is 27.5 Å². The van der Waals surface area contributed by atoms with Gasteiger partial charge in [0.05, 0.1) is 23.0 Å². The summed E-state index contributed by atoms with van der Waals surface area (Å²) < 4.78 is 85.7. The molecule has 1 N–H and O–H groups in total. The van der Waals surface area contributed by atoms with Crippen LogP contribution in [0.15, 0.2) is 95.4 Å². The highest BCUT2D eigenvalue weighted by Gasteiger charge is 2.63. The molecule has 0 radical (unpaired) electrons. The number of fused-ring (bicyclic) bond motifs is 3. The van der Waals surface area contributed by atoms with Crippen LogP contribution in [0.5, 0.6) is 5.75 Å². The molecule has 0 spiro atoms. The van der Waals surface area contributed by atoms with Gasteiger partial charge in [-0.2, -0.15) is 18.3 Å². The molecule has 46 heavy (non-hydrogen) atoms. The minimum Gasteiger partial charge on any atom is -0.406 e. The van der Waals surface area contributed by atoms with Crippen molar-refractivity contribution in [2.45, 2.75) is 38.0 Å². The molecule has 0 saturated carbocycles. The first-order valence-corrected chi connectivity index (χ1v) is 14.9. The standard InChI is InChI=1S/C32H25F6N5O2S/c1-19(2)24-5-3-4-6-26(24)43-29(46-17-30(43,44)31(33,34)35)41-40-16-20-7-13-25-21(15-20)8-14-27-28(25)39-18-42(27)22-9-11-23(12-10-22)45-32(36,37)38/h3-16,18-19,44H,17H2,1-2H3. The van der Waals surface area contributed by atoms with E-state index in [1.807, 2.05) is 38.1 Å². The van der Waals surface area contributed by atoms with Crippen molar-refractivity contribution >= 4 is 50.6 Å². The van der Waals surface area contributed by atoms with Gasteiger partial charge in [-0.1, -0.05) is 62.0 Å². The lowest BCUT2D eigenvalue weighted by atomic mass is 9.99. The molecule has 1 saturated heterocycles. The van der Waals surface area contributed by atoms with Crippen molar-refractivity contribution in [1.29, 1.82) is 0 Å². The van der Waals surface area contributed by atoms with Crippen molar-refractivity contribution in [3.8, 4) is 11.4 Å². The fraction of sp³-hybridized carbons (Fsp3) is 0.219. The first-order chi connectivity index (χ1) is 21.7. The number of anilines is 1. The van der Waals surface area contributed by atoms with Crippen LogP contribution in [0, 0.1) is 0 Å². The Labute approximate surface area is 262 Å². The van der Waals surface area contributed by atoms with E-state index in [9.17, 15) is 31.4 Å². The van der Waals surface area contributed by atoms with Crippen LogP contribution in [0.3, 0.4) is 0 Å². The van der Waals surface area contributed by atoms with Gasteiger partial charge in [0.25, 0.3) is 5.72 Å². The predicted molar refractivity (Wildman–Crippen MR) is 167 cm³/mol. The lowest BCUT2D eigenvalue weighted by Crippen LogP contribution is -2.58. The lowest BCUT2D eigenvalue weighted by molar-refractivity contribution is -0.274. The summed E-state index contributed by atoms with van der Waals surface area (Å²) in [4.78, 5) is 5.33. The molecule has 2 heterocycles. The van der Waals surface area contributed by atoms with Gasteiger partial charge in [-0.05, 0) is 64.9 Å². The fourth-order valence-corrected chi connectivity index (χ4v) is 6.39. The summed E-state index contributed by atoms with van der Waals surface area (Å²) in [5.41, 5.74) is 0.266. The summed E-state index contributed by atoms with van der Waals surface area (Å²) in [6.07, 6.45) is -6.75. The predicted octanol–water partition coefficient (Wildman–Crippen LogP) is 8.39. The second-order valence-electron chi connectivity index (χ2n) is 10.8. The third kappa shape index (κ3) is 5.89. The largest absolute Gasteiger partial charge is 0.573 e. The molecule has 6 rings (SSSR count). The van der Waals surface area contributed by atoms with Crippen molar-refractivity contribution in [3.05, 3.63) is 96.3 Å². The quantitative estimate of drug-likeness (QED) is 0.113. The minimum atomic E-state index is -4.95. The summed E-state index contributed by atoms with van der Waals surface area (Å²) in [6.45, 7) is 3.71. The van der Waals surface area contributed by atoms with E-state index in [4.69, 9.17) is 0 Å². The van der Waals surface area contributed by atoms with Crippen LogP contribution in [0.4, 0.5) is 32.0 Å². The van der Waals surface area contributed by atoms with Crippen LogP contribution in [-0.4, -0.2) is 50.1 Å². The van der Waals surface area contributed by atoms with Crippen molar-refractivity contribution in [1.82, 2.24) is 9.55 Å². The Morgan fingerprint density at radius 3 is 2.41 bits per heavy atom. The number of hydrogen-bond donors (Lipinski definition) is 1. The van der Waals surface area contributed by atoms with E-state index in [2.05, 4.69) is 19.9 Å². The molecule has 14 heteroatoms. The first-order valence-electron chi connectivity index (χ1n) is 13.9. The Balaban J connectivity index is 1.29. The van der Waals surface area contributed by atoms with Crippen molar-refractivity contribution in [2.24, 2.45) is 10.2 Å². The van der Waals surface area contributed by atoms with Gasteiger partial charge in [0.1, 0.15) is 12.1 Å². The number of hydrogen-bond acceptors (Lipinski definition) is 6. The summed E-state index contributed by atoms with van der Waals surface area (Å²) in [5, 5.41) is 20.6. The molecule has 1 fully saturated rings. The molecule has 1 aliphatic heterocycles. The summed E-state index contributed by atoms with van der Waals surface area (Å²) in [6, 6.07) is 21.1. The normalized spacial score (nSPS) is 18.6. The molecule has 238 valence electrons. The molecule has 1 aromatic heterocycles. The van der Waals surface area contributed by atoms with E-state index in [1.54, 1.807) is 35.2 Å². The van der Waals surface area contributed by atoms with E-state index in [1.165, 1.54) is 36.5 Å². The van der Waals surface area contributed by atoms with Crippen LogP contribution in [0.1, 0.15) is 30.9 Å². The van der Waals surface area contributed by atoms with E-state index in [0.29, 0.717) is 22.3 Å². The molecule has 4 aromatic carbocycles. The minimum absolute atomic E-state index is 0.0878. The monoisotopic (exact) mass is 657 g/mol. The molecule has 5 aromatic rings. The third-order valence-electron chi connectivity index (χ3n) is 7.47. The average molecular weight is 658 g/mol. The summed E-state index contributed by atoms with van der Waals surface area (Å²) in [5.74, 6) is -1.11. The second kappa shape index (κ2) is 11.7. The third-order valence-corrected chi connectivity index (χ3v) is 8.54. The van der Waals surface area contributed by atoms with Crippen LogP contribution in [0.2, 0.25) is 0 Å². The Hall–Kier alpha value is -4.56. The molecule has 1 atom stereocenters. The van der Waals surface area contributed by atoms with Crippen LogP contribution < -0.4 is 9.64 Å². The highest BCUT2D eigenvalue weighted by Crippen LogP contribution is 2.47. The topological polar surface area (TPSA) is 75.2 Å². The molecular weight excluding hydrogens is 632 g/mol. The van der Waals surface area contributed by atoms with Gasteiger partial charge >= 0.3 is 12.5 Å². The number of halogens is 6. The Bertz CT molecular complexity index is 1970. The Morgan fingerprint density at radius 1 is 0.978 bits per heavy atom. The van der Waals surface area contributed by atoms with Gasteiger partial charge < -0.3 is 9.84 Å². The fourth-order valence-electron chi connectivity index (χ4n) is 5.28. The van der Waals surface area contributed by atoms with Gasteiger partial charge in [-0.3, -0.25) is 9.47 Å². The highest BCUT2D eigenvalue weighted by molar-refractivity contribution is 8.14. The van der Waals surface area contributed by atoms with E-state index in [0.717, 1.165) is 33.0 Å². The number of amidine groups is 1. The lowest BCUT2D eigenvalue weighted by Gasteiger charge is -2.36. The molecule has 0 amide bonds. The van der Waals surface area contributed by atoms with Gasteiger partial charge in [0, 0.05) is 16.8 Å². The number of aliphatic hydroxyl groups is 1. The average Bonchev–Trinajstić information content (AvgIpc) is 3.58. The summed E-state index contributed by atoms with van der Waals surface area (Å²) >= 11 is 0.767.